The summed E-state index contributed by atoms with van der Waals surface area (Å²) in [6, 6.07) is 61.0. The van der Waals surface area contributed by atoms with Crippen molar-refractivity contribution >= 4 is 81.6 Å². The van der Waals surface area contributed by atoms with Gasteiger partial charge in [-0.1, -0.05) is 140 Å². The second kappa shape index (κ2) is 10.3. The van der Waals surface area contributed by atoms with Gasteiger partial charge in [0.2, 0.25) is 5.95 Å². The molecule has 0 fully saturated rings. The van der Waals surface area contributed by atoms with Crippen molar-refractivity contribution in [2.75, 3.05) is 0 Å². The van der Waals surface area contributed by atoms with E-state index >= 15 is 0 Å². The summed E-state index contributed by atoms with van der Waals surface area (Å²) in [4.78, 5) is 11.0. The Morgan fingerprint density at radius 3 is 1.71 bits per heavy atom. The normalized spacial score (nSPS) is 12.2. The first kappa shape index (κ1) is 27.7. The monoisotopic (exact) mass is 660 g/mol. The number of para-hydroxylation sites is 2. The highest BCUT2D eigenvalue weighted by molar-refractivity contribution is 6.31. The Balaban J connectivity index is 1.28. The van der Waals surface area contributed by atoms with E-state index in [1.165, 1.54) is 59.8 Å². The highest BCUT2D eigenvalue weighted by atomic mass is 15.2. The minimum absolute atomic E-state index is 0.659. The third kappa shape index (κ3) is 3.60. The predicted octanol–water partition coefficient (Wildman–Crippen LogP) is 12.4. The minimum atomic E-state index is 0.659. The van der Waals surface area contributed by atoms with Crippen molar-refractivity contribution in [2.24, 2.45) is 0 Å². The number of nitrogens with zero attached hydrogens (tertiary/aromatic N) is 4. The molecule has 0 aliphatic heterocycles. The average molecular weight is 661 g/mol. The van der Waals surface area contributed by atoms with Crippen LogP contribution in [-0.4, -0.2) is 18.9 Å². The summed E-state index contributed by atoms with van der Waals surface area (Å²) in [5, 5.41) is 10.8. The molecule has 0 bridgehead atoms. The summed E-state index contributed by atoms with van der Waals surface area (Å²) in [5.74, 6) is 0.659. The molecule has 0 saturated carbocycles. The molecule has 12 rings (SSSR count). The lowest BCUT2D eigenvalue weighted by molar-refractivity contribution is 1.01. The zero-order valence-corrected chi connectivity index (χ0v) is 28.0. The van der Waals surface area contributed by atoms with E-state index in [0.717, 1.165) is 44.1 Å². The van der Waals surface area contributed by atoms with Gasteiger partial charge in [0, 0.05) is 37.9 Å². The van der Waals surface area contributed by atoms with Gasteiger partial charge in [-0.15, -0.1) is 0 Å². The predicted molar refractivity (Wildman–Crippen MR) is 217 cm³/mol. The van der Waals surface area contributed by atoms with Gasteiger partial charge >= 0.3 is 0 Å². The molecule has 0 aliphatic rings. The van der Waals surface area contributed by atoms with Crippen LogP contribution in [0, 0.1) is 0 Å². The van der Waals surface area contributed by atoms with Gasteiger partial charge < -0.3 is 4.40 Å². The molecule has 4 heterocycles. The fourth-order valence-electron chi connectivity index (χ4n) is 8.95. The first-order valence-electron chi connectivity index (χ1n) is 17.8. The zero-order chi connectivity index (χ0) is 33.9. The molecule has 12 aromatic rings. The van der Waals surface area contributed by atoms with Gasteiger partial charge in [-0.3, -0.25) is 4.57 Å². The molecule has 4 nitrogen and oxygen atoms in total. The quantitative estimate of drug-likeness (QED) is 0.177. The maximum absolute atomic E-state index is 5.54. The Morgan fingerprint density at radius 2 is 0.904 bits per heavy atom. The van der Waals surface area contributed by atoms with E-state index in [4.69, 9.17) is 9.97 Å². The molecule has 0 spiro atoms. The number of aromatic nitrogens is 4. The fourth-order valence-corrected chi connectivity index (χ4v) is 8.95. The fraction of sp³-hybridized carbons (Fsp3) is 0. The van der Waals surface area contributed by atoms with Gasteiger partial charge in [0.25, 0.3) is 0 Å². The number of benzene rings is 8. The topological polar surface area (TPSA) is 35.1 Å². The standard InChI is InChI=1S/C48H28N4/c1-3-14-29(15-4-1)37-28-38-43(33-20-8-7-18-31(33)37)46(30-16-5-2-6-17-30)50-48(49-38)52-40-25-12-21-34-36-23-11-22-35-32-19-9-10-24-39(32)51(47(35)36)41-26-13-27-42(52)45(41)44(34)40/h1-28H. The van der Waals surface area contributed by atoms with Gasteiger partial charge in [-0.25, -0.2) is 9.97 Å². The van der Waals surface area contributed by atoms with Crippen molar-refractivity contribution in [1.82, 2.24) is 18.9 Å². The Morgan fingerprint density at radius 1 is 0.365 bits per heavy atom. The van der Waals surface area contributed by atoms with Crippen LogP contribution < -0.4 is 0 Å². The molecule has 0 N–H and O–H groups in total. The lowest BCUT2D eigenvalue weighted by Gasteiger charge is -2.16. The molecule has 4 heteroatoms. The van der Waals surface area contributed by atoms with E-state index in [9.17, 15) is 0 Å². The van der Waals surface area contributed by atoms with Crippen LogP contribution >= 0.6 is 0 Å². The van der Waals surface area contributed by atoms with Crippen molar-refractivity contribution in [3.8, 4) is 28.3 Å². The molecule has 52 heavy (non-hydrogen) atoms. The Hall–Kier alpha value is -7.04. The first-order valence-corrected chi connectivity index (χ1v) is 17.8. The van der Waals surface area contributed by atoms with Gasteiger partial charge in [0.1, 0.15) is 0 Å². The van der Waals surface area contributed by atoms with Crippen LogP contribution in [0.25, 0.3) is 110 Å². The summed E-state index contributed by atoms with van der Waals surface area (Å²) >= 11 is 0. The number of fused-ring (bicyclic) bond motifs is 8. The van der Waals surface area contributed by atoms with Crippen molar-refractivity contribution in [2.45, 2.75) is 0 Å². The lowest BCUT2D eigenvalue weighted by atomic mass is 9.93. The number of rotatable bonds is 3. The summed E-state index contributed by atoms with van der Waals surface area (Å²) in [5.41, 5.74) is 11.0. The van der Waals surface area contributed by atoms with E-state index in [2.05, 4.69) is 179 Å². The lowest BCUT2D eigenvalue weighted by Crippen LogP contribution is -2.04. The molecule has 0 saturated heterocycles. The molecule has 0 amide bonds. The SMILES string of the molecule is c1ccc(-c2cc3nc(-n4c5cccc6c7cccc8c9ccccc9n(c9cccc4c9c65)c78)nc(-c4ccccc4)c3c3ccccc23)cc1. The summed E-state index contributed by atoms with van der Waals surface area (Å²) in [7, 11) is 0. The summed E-state index contributed by atoms with van der Waals surface area (Å²) < 4.78 is 4.76. The van der Waals surface area contributed by atoms with E-state index in [1.54, 1.807) is 0 Å². The molecular formula is C48H28N4. The molecule has 0 radical (unpaired) electrons. The van der Waals surface area contributed by atoms with Crippen molar-refractivity contribution < 1.29 is 0 Å². The molecule has 0 unspecified atom stereocenters. The zero-order valence-electron chi connectivity index (χ0n) is 28.0. The number of hydrogen-bond donors (Lipinski definition) is 0. The van der Waals surface area contributed by atoms with Crippen molar-refractivity contribution in [3.63, 3.8) is 0 Å². The van der Waals surface area contributed by atoms with Crippen LogP contribution in [-0.2, 0) is 0 Å². The van der Waals surface area contributed by atoms with Crippen LogP contribution in [0.3, 0.4) is 0 Å². The Labute approximate surface area is 297 Å². The third-order valence-electron chi connectivity index (χ3n) is 11.0. The maximum Gasteiger partial charge on any atom is 0.235 e. The maximum atomic E-state index is 5.54. The highest BCUT2D eigenvalue weighted by Gasteiger charge is 2.24. The van der Waals surface area contributed by atoms with Crippen molar-refractivity contribution in [1.29, 1.82) is 0 Å². The van der Waals surface area contributed by atoms with Gasteiger partial charge in [-0.05, 0) is 57.6 Å². The van der Waals surface area contributed by atoms with Gasteiger partial charge in [0.15, 0.2) is 0 Å². The summed E-state index contributed by atoms with van der Waals surface area (Å²) in [6.07, 6.45) is 0. The van der Waals surface area contributed by atoms with E-state index in [-0.39, 0.29) is 0 Å². The Kier molecular flexibility index (Phi) is 5.47. The largest absolute Gasteiger partial charge is 0.308 e. The second-order valence-electron chi connectivity index (χ2n) is 13.7. The molecule has 0 atom stereocenters. The highest BCUT2D eigenvalue weighted by Crippen LogP contribution is 2.45. The molecule has 240 valence electrons. The molecule has 0 aliphatic carbocycles. The summed E-state index contributed by atoms with van der Waals surface area (Å²) in [6.45, 7) is 0. The van der Waals surface area contributed by atoms with Gasteiger partial charge in [-0.2, -0.15) is 0 Å². The number of hydrogen-bond acceptors (Lipinski definition) is 2. The second-order valence-corrected chi connectivity index (χ2v) is 13.7. The average Bonchev–Trinajstić information content (AvgIpc) is 3.70. The molecule has 8 aromatic carbocycles. The van der Waals surface area contributed by atoms with Crippen molar-refractivity contribution in [3.05, 3.63) is 170 Å². The van der Waals surface area contributed by atoms with Crippen LogP contribution in [0.5, 0.6) is 0 Å². The molecule has 4 aromatic heterocycles. The van der Waals surface area contributed by atoms with Crippen LogP contribution in [0.1, 0.15) is 0 Å². The third-order valence-corrected chi connectivity index (χ3v) is 11.0. The van der Waals surface area contributed by atoms with Gasteiger partial charge in [0.05, 0.1) is 38.8 Å². The first-order chi connectivity index (χ1) is 25.8. The Bertz CT molecular complexity index is 3390. The van der Waals surface area contributed by atoms with Crippen LogP contribution in [0.4, 0.5) is 0 Å². The van der Waals surface area contributed by atoms with E-state index in [1.807, 2.05) is 0 Å². The van der Waals surface area contributed by atoms with Crippen LogP contribution in [0.15, 0.2) is 170 Å². The van der Waals surface area contributed by atoms with E-state index < -0.39 is 0 Å². The minimum Gasteiger partial charge on any atom is -0.308 e. The van der Waals surface area contributed by atoms with Crippen LogP contribution in [0.2, 0.25) is 0 Å². The van der Waals surface area contributed by atoms with E-state index in [0.29, 0.717) is 5.95 Å². The smallest absolute Gasteiger partial charge is 0.235 e. The molecular weight excluding hydrogens is 633 g/mol.